The van der Waals surface area contributed by atoms with Crippen LogP contribution in [0.25, 0.3) is 0 Å². The zero-order valence-electron chi connectivity index (χ0n) is 11.0. The van der Waals surface area contributed by atoms with E-state index >= 15 is 0 Å². The van der Waals surface area contributed by atoms with Crippen molar-refractivity contribution in [3.8, 4) is 0 Å². The SMILES string of the molecule is CC1CCC(C(C)C)C(NC2CCSC2)C1. The van der Waals surface area contributed by atoms with Gasteiger partial charge in [-0.2, -0.15) is 11.8 Å². The minimum absolute atomic E-state index is 0.799. The fourth-order valence-electron chi connectivity index (χ4n) is 3.36. The van der Waals surface area contributed by atoms with E-state index < -0.39 is 0 Å². The van der Waals surface area contributed by atoms with E-state index in [4.69, 9.17) is 0 Å². The smallest absolute Gasteiger partial charge is 0.0168 e. The van der Waals surface area contributed by atoms with E-state index in [0.29, 0.717) is 0 Å². The molecule has 2 fully saturated rings. The zero-order valence-corrected chi connectivity index (χ0v) is 11.9. The predicted molar refractivity (Wildman–Crippen MR) is 74.0 cm³/mol. The molecule has 0 aromatic carbocycles. The van der Waals surface area contributed by atoms with Gasteiger partial charge in [0, 0.05) is 17.8 Å². The van der Waals surface area contributed by atoms with Crippen LogP contribution < -0.4 is 5.32 Å². The molecule has 0 aromatic rings. The minimum atomic E-state index is 0.799. The molecule has 2 heteroatoms. The van der Waals surface area contributed by atoms with Gasteiger partial charge in [-0.3, -0.25) is 0 Å². The second kappa shape index (κ2) is 5.77. The summed E-state index contributed by atoms with van der Waals surface area (Å²) in [5.41, 5.74) is 0. The van der Waals surface area contributed by atoms with Crippen molar-refractivity contribution in [1.29, 1.82) is 0 Å². The van der Waals surface area contributed by atoms with Crippen molar-refractivity contribution < 1.29 is 0 Å². The topological polar surface area (TPSA) is 12.0 Å². The zero-order chi connectivity index (χ0) is 11.5. The molecule has 1 aliphatic heterocycles. The van der Waals surface area contributed by atoms with Gasteiger partial charge in [0.15, 0.2) is 0 Å². The van der Waals surface area contributed by atoms with Crippen molar-refractivity contribution in [3.05, 3.63) is 0 Å². The summed E-state index contributed by atoms with van der Waals surface area (Å²) in [6.07, 6.45) is 5.68. The van der Waals surface area contributed by atoms with Crippen LogP contribution in [0.2, 0.25) is 0 Å². The molecule has 1 nitrogen and oxygen atoms in total. The lowest BCUT2D eigenvalue weighted by Gasteiger charge is -2.39. The molecule has 2 aliphatic rings. The minimum Gasteiger partial charge on any atom is -0.310 e. The Balaban J connectivity index is 1.91. The van der Waals surface area contributed by atoms with Crippen LogP contribution in [-0.2, 0) is 0 Å². The van der Waals surface area contributed by atoms with E-state index in [2.05, 4.69) is 37.8 Å². The highest BCUT2D eigenvalue weighted by Gasteiger charge is 2.32. The summed E-state index contributed by atoms with van der Waals surface area (Å²) in [7, 11) is 0. The third-order valence-corrected chi connectivity index (χ3v) is 5.56. The first-order chi connectivity index (χ1) is 7.66. The van der Waals surface area contributed by atoms with Crippen molar-refractivity contribution in [1.82, 2.24) is 5.32 Å². The van der Waals surface area contributed by atoms with Gasteiger partial charge in [0.1, 0.15) is 0 Å². The predicted octanol–water partition coefficient (Wildman–Crippen LogP) is 3.54. The average molecular weight is 241 g/mol. The molecule has 0 aromatic heterocycles. The molecule has 1 heterocycles. The molecule has 0 amide bonds. The second-order valence-electron chi connectivity index (χ2n) is 6.16. The maximum atomic E-state index is 3.96. The molecule has 1 N–H and O–H groups in total. The van der Waals surface area contributed by atoms with Crippen LogP contribution >= 0.6 is 11.8 Å². The number of hydrogen-bond donors (Lipinski definition) is 1. The third kappa shape index (κ3) is 3.16. The number of rotatable bonds is 3. The van der Waals surface area contributed by atoms with Crippen LogP contribution in [0.5, 0.6) is 0 Å². The summed E-state index contributed by atoms with van der Waals surface area (Å²) in [6.45, 7) is 7.23. The average Bonchev–Trinajstić information content (AvgIpc) is 2.70. The molecule has 1 saturated heterocycles. The molecule has 0 spiro atoms. The maximum absolute atomic E-state index is 3.96. The van der Waals surface area contributed by atoms with Gasteiger partial charge in [-0.15, -0.1) is 0 Å². The van der Waals surface area contributed by atoms with Crippen molar-refractivity contribution in [2.75, 3.05) is 11.5 Å². The molecule has 94 valence electrons. The van der Waals surface area contributed by atoms with Gasteiger partial charge in [-0.1, -0.05) is 27.2 Å². The summed E-state index contributed by atoms with van der Waals surface area (Å²) < 4.78 is 0. The van der Waals surface area contributed by atoms with E-state index in [-0.39, 0.29) is 0 Å². The Bertz CT molecular complexity index is 211. The van der Waals surface area contributed by atoms with Gasteiger partial charge >= 0.3 is 0 Å². The van der Waals surface area contributed by atoms with Gasteiger partial charge in [-0.05, 0) is 42.8 Å². The van der Waals surface area contributed by atoms with Gasteiger partial charge in [0.25, 0.3) is 0 Å². The molecule has 0 radical (unpaired) electrons. The first kappa shape index (κ1) is 12.8. The molecule has 4 unspecified atom stereocenters. The van der Waals surface area contributed by atoms with Crippen LogP contribution in [0.15, 0.2) is 0 Å². The quantitative estimate of drug-likeness (QED) is 0.811. The van der Waals surface area contributed by atoms with Crippen LogP contribution in [0, 0.1) is 17.8 Å². The summed E-state index contributed by atoms with van der Waals surface area (Å²) in [6, 6.07) is 1.61. The second-order valence-corrected chi connectivity index (χ2v) is 7.31. The van der Waals surface area contributed by atoms with Gasteiger partial charge in [0.05, 0.1) is 0 Å². The Hall–Kier alpha value is 0.310. The molecule has 0 bridgehead atoms. The summed E-state index contributed by atoms with van der Waals surface area (Å²) in [5.74, 6) is 5.41. The van der Waals surface area contributed by atoms with Crippen LogP contribution in [-0.4, -0.2) is 23.6 Å². The monoisotopic (exact) mass is 241 g/mol. The number of hydrogen-bond acceptors (Lipinski definition) is 2. The first-order valence-electron chi connectivity index (χ1n) is 7.00. The highest BCUT2D eigenvalue weighted by molar-refractivity contribution is 7.99. The summed E-state index contributed by atoms with van der Waals surface area (Å²) >= 11 is 2.12. The highest BCUT2D eigenvalue weighted by atomic mass is 32.2. The van der Waals surface area contributed by atoms with Crippen LogP contribution in [0.4, 0.5) is 0 Å². The highest BCUT2D eigenvalue weighted by Crippen LogP contribution is 2.34. The molecular formula is C14H27NS. The van der Waals surface area contributed by atoms with E-state index in [0.717, 1.165) is 29.8 Å². The van der Waals surface area contributed by atoms with E-state index in [1.165, 1.54) is 37.2 Å². The Morgan fingerprint density at radius 1 is 1.19 bits per heavy atom. The summed E-state index contributed by atoms with van der Waals surface area (Å²) in [5, 5.41) is 3.96. The van der Waals surface area contributed by atoms with Gasteiger partial charge < -0.3 is 5.32 Å². The first-order valence-corrected chi connectivity index (χ1v) is 8.16. The van der Waals surface area contributed by atoms with E-state index in [9.17, 15) is 0 Å². The molecule has 1 aliphatic carbocycles. The van der Waals surface area contributed by atoms with Crippen molar-refractivity contribution in [2.24, 2.45) is 17.8 Å². The lowest BCUT2D eigenvalue weighted by molar-refractivity contribution is 0.161. The largest absolute Gasteiger partial charge is 0.310 e. The van der Waals surface area contributed by atoms with Crippen LogP contribution in [0.1, 0.15) is 46.5 Å². The maximum Gasteiger partial charge on any atom is 0.0168 e. The number of nitrogens with one attached hydrogen (secondary N) is 1. The van der Waals surface area contributed by atoms with Gasteiger partial charge in [-0.25, -0.2) is 0 Å². The third-order valence-electron chi connectivity index (χ3n) is 4.40. The van der Waals surface area contributed by atoms with Gasteiger partial charge in [0.2, 0.25) is 0 Å². The van der Waals surface area contributed by atoms with Crippen LogP contribution in [0.3, 0.4) is 0 Å². The number of thioether (sulfide) groups is 1. The lowest BCUT2D eigenvalue weighted by atomic mass is 9.74. The fourth-order valence-corrected chi connectivity index (χ4v) is 4.53. The van der Waals surface area contributed by atoms with Crippen molar-refractivity contribution in [3.63, 3.8) is 0 Å². The molecule has 2 rings (SSSR count). The Morgan fingerprint density at radius 3 is 2.62 bits per heavy atom. The molecule has 16 heavy (non-hydrogen) atoms. The molecule has 1 saturated carbocycles. The molecular weight excluding hydrogens is 214 g/mol. The van der Waals surface area contributed by atoms with Crippen molar-refractivity contribution >= 4 is 11.8 Å². The van der Waals surface area contributed by atoms with E-state index in [1.807, 2.05) is 0 Å². The Kier molecular flexibility index (Phi) is 4.60. The standard InChI is InChI=1S/C14H27NS/c1-10(2)13-5-4-11(3)8-14(13)15-12-6-7-16-9-12/h10-15H,4-9H2,1-3H3. The fraction of sp³-hybridized carbons (Fsp3) is 1.00. The van der Waals surface area contributed by atoms with E-state index in [1.54, 1.807) is 0 Å². The normalized spacial score (nSPS) is 40.5. The summed E-state index contributed by atoms with van der Waals surface area (Å²) in [4.78, 5) is 0. The Morgan fingerprint density at radius 2 is 2.00 bits per heavy atom. The molecule has 4 atom stereocenters. The Labute approximate surface area is 105 Å². The lowest BCUT2D eigenvalue weighted by Crippen LogP contribution is -2.47. The van der Waals surface area contributed by atoms with Crippen molar-refractivity contribution in [2.45, 2.75) is 58.5 Å².